The van der Waals surface area contributed by atoms with Gasteiger partial charge in [0.15, 0.2) is 0 Å². The summed E-state index contributed by atoms with van der Waals surface area (Å²) < 4.78 is 0. The molecule has 0 fully saturated rings. The Hall–Kier alpha value is -0.970. The van der Waals surface area contributed by atoms with Crippen LogP contribution in [0.2, 0.25) is 10.0 Å². The Labute approximate surface area is 128 Å². The molecular weight excluding hydrogens is 301 g/mol. The topological polar surface area (TPSA) is 60.8 Å². The normalized spacial score (nSPS) is 13.1. The molecule has 6 heteroatoms. The smallest absolute Gasteiger partial charge is 0.408 e. The van der Waals surface area contributed by atoms with Crippen LogP contribution in [-0.4, -0.2) is 33.4 Å². The highest BCUT2D eigenvalue weighted by Gasteiger charge is 2.35. The van der Waals surface area contributed by atoms with Crippen LogP contribution in [0.5, 0.6) is 0 Å². The van der Waals surface area contributed by atoms with Crippen molar-refractivity contribution in [3.63, 3.8) is 0 Å². The number of aliphatic hydroxyl groups excluding tert-OH is 1. The summed E-state index contributed by atoms with van der Waals surface area (Å²) in [6, 6.07) is 4.54. The van der Waals surface area contributed by atoms with Crippen molar-refractivity contribution >= 4 is 29.3 Å². The summed E-state index contributed by atoms with van der Waals surface area (Å²) >= 11 is 12.2. The van der Waals surface area contributed by atoms with E-state index in [1.165, 1.54) is 4.90 Å². The average molecular weight is 320 g/mol. The maximum absolute atomic E-state index is 11.6. The summed E-state index contributed by atoms with van der Waals surface area (Å²) in [6.07, 6.45) is -0.809. The van der Waals surface area contributed by atoms with Gasteiger partial charge in [-0.25, -0.2) is 4.79 Å². The number of carbonyl (C=O) groups is 1. The molecule has 0 aliphatic carbocycles. The fourth-order valence-electron chi connectivity index (χ4n) is 2.21. The highest BCUT2D eigenvalue weighted by Crippen LogP contribution is 2.37. The van der Waals surface area contributed by atoms with Gasteiger partial charge in [-0.15, -0.1) is 0 Å². The van der Waals surface area contributed by atoms with E-state index < -0.39 is 17.7 Å². The predicted molar refractivity (Wildman–Crippen MR) is 80.5 cm³/mol. The third-order valence-electron chi connectivity index (χ3n) is 2.98. The molecule has 1 aromatic rings. The number of hydrogen-bond donors (Lipinski definition) is 2. The lowest BCUT2D eigenvalue weighted by molar-refractivity contribution is 0.0602. The zero-order valence-corrected chi connectivity index (χ0v) is 13.2. The summed E-state index contributed by atoms with van der Waals surface area (Å²) in [6.45, 7) is 5.24. The number of rotatable bonds is 4. The fraction of sp³-hybridized carbons (Fsp3) is 0.500. The van der Waals surface area contributed by atoms with Crippen molar-refractivity contribution in [2.24, 2.45) is 0 Å². The highest BCUT2D eigenvalue weighted by atomic mass is 35.5. The molecule has 0 spiro atoms. The molecule has 0 aromatic heterocycles. The number of halogens is 2. The van der Waals surface area contributed by atoms with Gasteiger partial charge in [-0.1, -0.05) is 35.3 Å². The van der Waals surface area contributed by atoms with Gasteiger partial charge in [0.2, 0.25) is 0 Å². The molecule has 0 saturated heterocycles. The molecule has 0 saturated carbocycles. The van der Waals surface area contributed by atoms with Crippen LogP contribution in [-0.2, 0) is 0 Å². The van der Waals surface area contributed by atoms with Gasteiger partial charge >= 0.3 is 6.09 Å². The Morgan fingerprint density at radius 2 is 1.95 bits per heavy atom. The Morgan fingerprint density at radius 1 is 1.35 bits per heavy atom. The number of hydrogen-bond acceptors (Lipinski definition) is 2. The summed E-state index contributed by atoms with van der Waals surface area (Å²) in [7, 11) is 0. The molecule has 0 aliphatic heterocycles. The molecule has 1 amide bonds. The molecule has 0 bridgehead atoms. The molecule has 1 aromatic carbocycles. The standard InChI is InChI=1S/C14H19Cl2NO3/c1-14(2,3)17(13(19)20)11(7-8-18)9-5-4-6-10(15)12(9)16/h4-6,11,18H,7-8H2,1-3H3,(H,19,20). The van der Waals surface area contributed by atoms with Gasteiger partial charge in [-0.2, -0.15) is 0 Å². The van der Waals surface area contributed by atoms with Gasteiger partial charge in [0.1, 0.15) is 0 Å². The molecular formula is C14H19Cl2NO3. The molecule has 2 N–H and O–H groups in total. The van der Waals surface area contributed by atoms with Crippen LogP contribution in [0.3, 0.4) is 0 Å². The second kappa shape index (κ2) is 6.66. The van der Waals surface area contributed by atoms with E-state index in [9.17, 15) is 15.0 Å². The Bertz CT molecular complexity index is 486. The zero-order valence-electron chi connectivity index (χ0n) is 11.7. The maximum Gasteiger partial charge on any atom is 0.408 e. The van der Waals surface area contributed by atoms with E-state index in [-0.39, 0.29) is 13.0 Å². The Balaban J connectivity index is 3.35. The molecule has 1 rings (SSSR count). The lowest BCUT2D eigenvalue weighted by Crippen LogP contribution is -2.47. The van der Waals surface area contributed by atoms with Crippen LogP contribution >= 0.6 is 23.2 Å². The summed E-state index contributed by atoms with van der Waals surface area (Å²) in [5.41, 5.74) is -0.0253. The minimum Gasteiger partial charge on any atom is -0.465 e. The summed E-state index contributed by atoms with van der Waals surface area (Å²) in [4.78, 5) is 12.9. The van der Waals surface area contributed by atoms with E-state index in [2.05, 4.69) is 0 Å². The first-order chi connectivity index (χ1) is 9.20. The second-order valence-electron chi connectivity index (χ2n) is 5.49. The third-order valence-corrected chi connectivity index (χ3v) is 3.82. The zero-order chi connectivity index (χ0) is 15.5. The molecule has 20 heavy (non-hydrogen) atoms. The molecule has 1 atom stereocenters. The van der Waals surface area contributed by atoms with Crippen molar-refractivity contribution in [3.8, 4) is 0 Å². The molecule has 0 radical (unpaired) electrons. The quantitative estimate of drug-likeness (QED) is 0.874. The van der Waals surface area contributed by atoms with Crippen LogP contribution in [0.25, 0.3) is 0 Å². The molecule has 0 heterocycles. The Kier molecular flexibility index (Phi) is 5.68. The van der Waals surface area contributed by atoms with Gasteiger partial charge < -0.3 is 10.2 Å². The van der Waals surface area contributed by atoms with Crippen molar-refractivity contribution in [1.82, 2.24) is 4.90 Å². The molecule has 4 nitrogen and oxygen atoms in total. The Morgan fingerprint density at radius 3 is 2.40 bits per heavy atom. The highest BCUT2D eigenvalue weighted by molar-refractivity contribution is 6.42. The average Bonchev–Trinajstić information content (AvgIpc) is 2.30. The first-order valence-electron chi connectivity index (χ1n) is 6.27. The van der Waals surface area contributed by atoms with Crippen molar-refractivity contribution in [2.75, 3.05) is 6.61 Å². The van der Waals surface area contributed by atoms with Crippen LogP contribution < -0.4 is 0 Å². The largest absolute Gasteiger partial charge is 0.465 e. The molecule has 1 unspecified atom stereocenters. The minimum absolute atomic E-state index is 0.145. The number of amides is 1. The third kappa shape index (κ3) is 3.78. The number of benzene rings is 1. The fourth-order valence-corrected chi connectivity index (χ4v) is 2.65. The number of nitrogens with zero attached hydrogens (tertiary/aromatic N) is 1. The van der Waals surface area contributed by atoms with E-state index in [0.29, 0.717) is 15.6 Å². The lowest BCUT2D eigenvalue weighted by atomic mass is 9.96. The maximum atomic E-state index is 11.6. The van der Waals surface area contributed by atoms with Gasteiger partial charge in [-0.3, -0.25) is 4.90 Å². The number of carboxylic acid groups (broad SMARTS) is 1. The van der Waals surface area contributed by atoms with Gasteiger partial charge in [0.05, 0.1) is 16.1 Å². The van der Waals surface area contributed by atoms with E-state index in [1.54, 1.807) is 39.0 Å². The van der Waals surface area contributed by atoms with Gasteiger partial charge in [0.25, 0.3) is 0 Å². The van der Waals surface area contributed by atoms with E-state index in [1.807, 2.05) is 0 Å². The van der Waals surface area contributed by atoms with Crippen LogP contribution in [0.1, 0.15) is 38.8 Å². The summed E-state index contributed by atoms with van der Waals surface area (Å²) in [5.74, 6) is 0. The number of aliphatic hydroxyl groups is 1. The minimum atomic E-state index is -1.06. The van der Waals surface area contributed by atoms with E-state index >= 15 is 0 Å². The van der Waals surface area contributed by atoms with Crippen LogP contribution in [0.4, 0.5) is 4.79 Å². The first kappa shape index (κ1) is 17.1. The first-order valence-corrected chi connectivity index (χ1v) is 7.02. The van der Waals surface area contributed by atoms with Gasteiger partial charge in [-0.05, 0) is 38.8 Å². The monoisotopic (exact) mass is 319 g/mol. The van der Waals surface area contributed by atoms with Crippen LogP contribution in [0, 0.1) is 0 Å². The lowest BCUT2D eigenvalue weighted by Gasteiger charge is -2.40. The molecule has 112 valence electrons. The van der Waals surface area contributed by atoms with Crippen molar-refractivity contribution < 1.29 is 15.0 Å². The molecule has 0 aliphatic rings. The van der Waals surface area contributed by atoms with Crippen molar-refractivity contribution in [1.29, 1.82) is 0 Å². The summed E-state index contributed by atoms with van der Waals surface area (Å²) in [5, 5.41) is 19.4. The van der Waals surface area contributed by atoms with Crippen LogP contribution in [0.15, 0.2) is 18.2 Å². The predicted octanol–water partition coefficient (Wildman–Crippen LogP) is 4.20. The van der Waals surface area contributed by atoms with Crippen molar-refractivity contribution in [2.45, 2.75) is 38.8 Å². The second-order valence-corrected chi connectivity index (χ2v) is 6.28. The van der Waals surface area contributed by atoms with E-state index in [4.69, 9.17) is 23.2 Å². The van der Waals surface area contributed by atoms with E-state index in [0.717, 1.165) is 0 Å². The van der Waals surface area contributed by atoms with Gasteiger partial charge in [0, 0.05) is 12.1 Å². The van der Waals surface area contributed by atoms with Crippen molar-refractivity contribution in [3.05, 3.63) is 33.8 Å². The SMILES string of the molecule is CC(C)(C)N(C(=O)O)C(CCO)c1cccc(Cl)c1Cl.